The van der Waals surface area contributed by atoms with E-state index in [9.17, 15) is 13.7 Å². The Balaban J connectivity index is 1.30. The zero-order chi connectivity index (χ0) is 26.6. The number of rotatable bonds is 7. The summed E-state index contributed by atoms with van der Waals surface area (Å²) in [5.41, 5.74) is 2.83. The van der Waals surface area contributed by atoms with Crippen LogP contribution in [0.2, 0.25) is 0 Å². The van der Waals surface area contributed by atoms with Gasteiger partial charge in [0.05, 0.1) is 35.2 Å². The molecule has 0 radical (unpaired) electrons. The SMILES string of the molecule is CC(C)c1ccc(N2CC(C#N)C2C)c2cnc(Nc3ccnc(-c4cnn(S(=O)(=O)C5CC5)c4)n3)cc12. The summed E-state index contributed by atoms with van der Waals surface area (Å²) in [5.74, 6) is 1.90. The van der Waals surface area contributed by atoms with Crippen LogP contribution >= 0.6 is 0 Å². The lowest BCUT2D eigenvalue weighted by Crippen LogP contribution is -2.54. The second-order valence-electron chi connectivity index (χ2n) is 10.3. The lowest BCUT2D eigenvalue weighted by Gasteiger charge is -2.45. The molecule has 1 saturated heterocycles. The molecule has 1 aliphatic heterocycles. The molecule has 4 heterocycles. The van der Waals surface area contributed by atoms with Gasteiger partial charge < -0.3 is 10.2 Å². The Kier molecular flexibility index (Phi) is 5.79. The summed E-state index contributed by atoms with van der Waals surface area (Å²) in [6, 6.07) is 10.6. The molecule has 2 aliphatic rings. The fourth-order valence-corrected chi connectivity index (χ4v) is 6.40. The number of nitrogens with zero attached hydrogens (tertiary/aromatic N) is 7. The molecule has 2 atom stereocenters. The van der Waals surface area contributed by atoms with Gasteiger partial charge in [0.2, 0.25) is 0 Å². The number of hydrogen-bond donors (Lipinski definition) is 1. The first-order valence-electron chi connectivity index (χ1n) is 12.7. The Labute approximate surface area is 221 Å². The van der Waals surface area contributed by atoms with Crippen LogP contribution in [0, 0.1) is 17.2 Å². The van der Waals surface area contributed by atoms with Crippen molar-refractivity contribution in [3.8, 4) is 17.5 Å². The molecule has 3 aromatic heterocycles. The van der Waals surface area contributed by atoms with Gasteiger partial charge in [-0.15, -0.1) is 0 Å². The minimum Gasteiger partial charge on any atom is -0.365 e. The van der Waals surface area contributed by atoms with Crippen LogP contribution in [0.3, 0.4) is 0 Å². The summed E-state index contributed by atoms with van der Waals surface area (Å²) in [6.45, 7) is 7.14. The van der Waals surface area contributed by atoms with Crippen LogP contribution in [0.1, 0.15) is 45.1 Å². The van der Waals surface area contributed by atoms with E-state index < -0.39 is 10.0 Å². The molecule has 1 aromatic carbocycles. The fourth-order valence-electron chi connectivity index (χ4n) is 4.92. The van der Waals surface area contributed by atoms with Gasteiger partial charge >= 0.3 is 0 Å². The molecule has 4 aromatic rings. The highest BCUT2D eigenvalue weighted by Crippen LogP contribution is 2.39. The monoisotopic (exact) mass is 528 g/mol. The van der Waals surface area contributed by atoms with E-state index in [1.165, 1.54) is 18.0 Å². The Hall–Kier alpha value is -4.04. The normalized spacial score (nSPS) is 19.4. The first-order valence-corrected chi connectivity index (χ1v) is 14.2. The zero-order valence-electron chi connectivity index (χ0n) is 21.4. The van der Waals surface area contributed by atoms with Gasteiger partial charge in [0, 0.05) is 36.1 Å². The number of benzene rings is 1. The molecule has 0 bridgehead atoms. The molecule has 0 amide bonds. The van der Waals surface area contributed by atoms with E-state index in [1.807, 2.05) is 12.3 Å². The van der Waals surface area contributed by atoms with E-state index in [0.29, 0.717) is 41.8 Å². The molecule has 11 heteroatoms. The van der Waals surface area contributed by atoms with Crippen molar-refractivity contribution < 1.29 is 8.42 Å². The number of nitrogens with one attached hydrogen (secondary N) is 1. The predicted octanol–water partition coefficient (Wildman–Crippen LogP) is 4.44. The molecule has 1 N–H and O–H groups in total. The third-order valence-electron chi connectivity index (χ3n) is 7.41. The van der Waals surface area contributed by atoms with Crippen molar-refractivity contribution in [1.29, 1.82) is 5.26 Å². The van der Waals surface area contributed by atoms with Crippen LogP contribution in [0.25, 0.3) is 22.2 Å². The van der Waals surface area contributed by atoms with E-state index in [4.69, 9.17) is 0 Å². The van der Waals surface area contributed by atoms with Crippen LogP contribution in [-0.2, 0) is 10.0 Å². The minimum atomic E-state index is -3.45. The number of aromatic nitrogens is 5. The first-order chi connectivity index (χ1) is 18.3. The summed E-state index contributed by atoms with van der Waals surface area (Å²) in [6.07, 6.45) is 7.77. The van der Waals surface area contributed by atoms with Gasteiger partial charge in [-0.3, -0.25) is 0 Å². The highest BCUT2D eigenvalue weighted by atomic mass is 32.2. The maximum atomic E-state index is 12.5. The van der Waals surface area contributed by atoms with Gasteiger partial charge in [-0.25, -0.2) is 23.4 Å². The summed E-state index contributed by atoms with van der Waals surface area (Å²) < 4.78 is 26.0. The zero-order valence-corrected chi connectivity index (χ0v) is 22.2. The molecule has 0 spiro atoms. The lowest BCUT2D eigenvalue weighted by atomic mass is 9.88. The van der Waals surface area contributed by atoms with Crippen molar-refractivity contribution in [3.63, 3.8) is 0 Å². The quantitative estimate of drug-likeness (QED) is 0.370. The lowest BCUT2D eigenvalue weighted by molar-refractivity contribution is 0.387. The first kappa shape index (κ1) is 24.3. The second kappa shape index (κ2) is 9.06. The summed E-state index contributed by atoms with van der Waals surface area (Å²) >= 11 is 0. The van der Waals surface area contributed by atoms with Crippen molar-refractivity contribution >= 4 is 38.1 Å². The molecule has 38 heavy (non-hydrogen) atoms. The minimum absolute atomic E-state index is 0.0385. The molecule has 2 unspecified atom stereocenters. The Morgan fingerprint density at radius 2 is 1.92 bits per heavy atom. The Morgan fingerprint density at radius 1 is 1.11 bits per heavy atom. The van der Waals surface area contributed by atoms with Gasteiger partial charge in [0.25, 0.3) is 10.0 Å². The highest BCUT2D eigenvalue weighted by molar-refractivity contribution is 7.90. The van der Waals surface area contributed by atoms with Gasteiger partial charge in [-0.1, -0.05) is 19.9 Å². The molecule has 10 nitrogen and oxygen atoms in total. The van der Waals surface area contributed by atoms with Gasteiger partial charge in [-0.2, -0.15) is 14.4 Å². The standard InChI is InChI=1S/C27H28N8O2S/c1-16(2)21-6-7-24(34-14-18(11-28)17(34)3)23-13-30-26(10-22(21)23)32-25-8-9-29-27(33-25)19-12-31-35(15-19)38(36,37)20-4-5-20/h6-10,12-13,15-18,20H,4-5,14H2,1-3H3,(H,29,30,32,33). The summed E-state index contributed by atoms with van der Waals surface area (Å²) in [7, 11) is -3.45. The Morgan fingerprint density at radius 3 is 2.63 bits per heavy atom. The number of hydrogen-bond acceptors (Lipinski definition) is 9. The highest BCUT2D eigenvalue weighted by Gasteiger charge is 2.38. The van der Waals surface area contributed by atoms with Gasteiger partial charge in [-0.05, 0) is 54.8 Å². The van der Waals surface area contributed by atoms with Crippen LogP contribution < -0.4 is 10.2 Å². The number of fused-ring (bicyclic) bond motifs is 1. The van der Waals surface area contributed by atoms with E-state index in [0.717, 1.165) is 27.1 Å². The van der Waals surface area contributed by atoms with Crippen molar-refractivity contribution in [2.75, 3.05) is 16.8 Å². The Bertz CT molecular complexity index is 1690. The van der Waals surface area contributed by atoms with E-state index in [2.05, 4.69) is 69.2 Å². The number of pyridine rings is 1. The number of anilines is 3. The van der Waals surface area contributed by atoms with Crippen LogP contribution in [0.5, 0.6) is 0 Å². The molecule has 2 fully saturated rings. The third-order valence-corrected chi connectivity index (χ3v) is 9.45. The van der Waals surface area contributed by atoms with Crippen molar-refractivity contribution in [2.45, 2.75) is 50.8 Å². The van der Waals surface area contributed by atoms with Crippen molar-refractivity contribution in [1.82, 2.24) is 24.1 Å². The summed E-state index contributed by atoms with van der Waals surface area (Å²) in [4.78, 5) is 15.8. The molecule has 1 aliphatic carbocycles. The van der Waals surface area contributed by atoms with Crippen molar-refractivity contribution in [3.05, 3.63) is 54.6 Å². The van der Waals surface area contributed by atoms with E-state index >= 15 is 0 Å². The molecule has 194 valence electrons. The van der Waals surface area contributed by atoms with Crippen molar-refractivity contribution in [2.24, 2.45) is 5.92 Å². The molecule has 6 rings (SSSR count). The average molecular weight is 529 g/mol. The predicted molar refractivity (Wildman–Crippen MR) is 146 cm³/mol. The fraction of sp³-hybridized carbons (Fsp3) is 0.370. The largest absolute Gasteiger partial charge is 0.365 e. The van der Waals surface area contributed by atoms with Crippen LogP contribution in [0.4, 0.5) is 17.3 Å². The van der Waals surface area contributed by atoms with Gasteiger partial charge in [0.1, 0.15) is 11.6 Å². The summed E-state index contributed by atoms with van der Waals surface area (Å²) in [5, 5.41) is 18.5. The van der Waals surface area contributed by atoms with Crippen LogP contribution in [-0.4, -0.2) is 50.4 Å². The average Bonchev–Trinajstić information content (AvgIpc) is 3.65. The molecular weight excluding hydrogens is 500 g/mol. The van der Waals surface area contributed by atoms with Crippen LogP contribution in [0.15, 0.2) is 49.1 Å². The molecular formula is C27H28N8O2S. The third kappa shape index (κ3) is 4.15. The van der Waals surface area contributed by atoms with Gasteiger partial charge in [0.15, 0.2) is 5.82 Å². The number of nitriles is 1. The maximum Gasteiger partial charge on any atom is 0.256 e. The van der Waals surface area contributed by atoms with E-state index in [-0.39, 0.29) is 17.2 Å². The van der Waals surface area contributed by atoms with E-state index in [1.54, 1.807) is 12.3 Å². The second-order valence-corrected chi connectivity index (χ2v) is 12.4. The smallest absolute Gasteiger partial charge is 0.256 e. The molecule has 1 saturated carbocycles. The topological polar surface area (TPSA) is 130 Å². The maximum absolute atomic E-state index is 12.5.